The van der Waals surface area contributed by atoms with E-state index in [1.807, 2.05) is 0 Å². The van der Waals surface area contributed by atoms with Crippen molar-refractivity contribution in [3.05, 3.63) is 0 Å². The molecule has 0 spiro atoms. The Morgan fingerprint density at radius 3 is 1.21 bits per heavy atom. The van der Waals surface area contributed by atoms with Gasteiger partial charge in [0.2, 0.25) is 0 Å². The van der Waals surface area contributed by atoms with Crippen LogP contribution in [0.5, 0.6) is 0 Å². The smallest absolute Gasteiger partial charge is 0.199 e. The van der Waals surface area contributed by atoms with Crippen molar-refractivity contribution < 1.29 is 4.80 Å². The van der Waals surface area contributed by atoms with Crippen LogP contribution in [-0.2, 0) is 0 Å². The second-order valence-corrected chi connectivity index (χ2v) is 11.3. The maximum Gasteiger partial charge on any atom is 0.199 e. The average molecular weight is 216 g/mol. The Balaban J connectivity index is 5.21. The fourth-order valence-electron chi connectivity index (χ4n) is 2.62. The summed E-state index contributed by atoms with van der Waals surface area (Å²) in [5.41, 5.74) is 0.861. The van der Waals surface area contributed by atoms with Crippen molar-refractivity contribution in [2.75, 3.05) is 0 Å². The van der Waals surface area contributed by atoms with E-state index in [1.165, 1.54) is 0 Å². The molecule has 0 aromatic heterocycles. The van der Waals surface area contributed by atoms with Gasteiger partial charge in [-0.15, -0.1) is 0 Å². The van der Waals surface area contributed by atoms with Gasteiger partial charge in [0.15, 0.2) is 8.32 Å². The maximum atomic E-state index is 11.0. The minimum atomic E-state index is -2.19. The normalized spacial score (nSPS) is 14.6. The average Bonchev–Trinajstić information content (AvgIpc) is 2.01. The molecule has 0 aromatic rings. The third-order valence-corrected chi connectivity index (χ3v) is 10.4. The predicted octanol–water partition coefficient (Wildman–Crippen LogP) is 4.18. The van der Waals surface area contributed by atoms with Crippen molar-refractivity contribution in [1.29, 1.82) is 0 Å². The molecule has 86 valence electrons. The molecule has 2 heteroatoms. The molecule has 0 aliphatic carbocycles. The first-order chi connectivity index (χ1) is 6.08. The Hall–Kier alpha value is 0.177. The SMILES string of the molecule is CC(C)C(C)(C)[Si](O)(C(C)C)C(C)C. The summed E-state index contributed by atoms with van der Waals surface area (Å²) < 4.78 is 0. The number of rotatable bonds is 4. The van der Waals surface area contributed by atoms with Crippen LogP contribution >= 0.6 is 0 Å². The first-order valence-electron chi connectivity index (χ1n) is 5.80. The van der Waals surface area contributed by atoms with Gasteiger partial charge in [-0.1, -0.05) is 55.4 Å². The van der Waals surface area contributed by atoms with Gasteiger partial charge in [-0.3, -0.25) is 0 Å². The highest BCUT2D eigenvalue weighted by atomic mass is 28.4. The maximum absolute atomic E-state index is 11.0. The number of hydrogen-bond acceptors (Lipinski definition) is 1. The lowest BCUT2D eigenvalue weighted by molar-refractivity contribution is 0.354. The van der Waals surface area contributed by atoms with Crippen molar-refractivity contribution in [3.8, 4) is 0 Å². The van der Waals surface area contributed by atoms with Crippen LogP contribution in [0, 0.1) is 5.92 Å². The third kappa shape index (κ3) is 2.06. The van der Waals surface area contributed by atoms with Crippen LogP contribution in [0.2, 0.25) is 16.1 Å². The van der Waals surface area contributed by atoms with Crippen LogP contribution in [0.3, 0.4) is 0 Å². The van der Waals surface area contributed by atoms with Crippen molar-refractivity contribution in [2.45, 2.75) is 71.5 Å². The molecule has 0 atom stereocenters. The molecule has 1 nitrogen and oxygen atoms in total. The second kappa shape index (κ2) is 4.36. The van der Waals surface area contributed by atoms with Gasteiger partial charge in [0.05, 0.1) is 0 Å². The Morgan fingerprint density at radius 1 is 0.857 bits per heavy atom. The van der Waals surface area contributed by atoms with Crippen molar-refractivity contribution in [3.63, 3.8) is 0 Å². The van der Waals surface area contributed by atoms with Crippen LogP contribution in [-0.4, -0.2) is 13.1 Å². The molecule has 0 amide bonds. The molecule has 0 aliphatic heterocycles. The standard InChI is InChI=1S/C12H28OSi/c1-9(2)12(7,8)14(13,10(3)4)11(5)6/h9-11,13H,1-8H3. The Labute approximate surface area is 91.1 Å². The summed E-state index contributed by atoms with van der Waals surface area (Å²) in [6, 6.07) is 0. The first kappa shape index (κ1) is 14.2. The van der Waals surface area contributed by atoms with E-state index in [1.54, 1.807) is 0 Å². The summed E-state index contributed by atoms with van der Waals surface area (Å²) in [5.74, 6) is 0.545. The minimum Gasteiger partial charge on any atom is -0.431 e. The predicted molar refractivity (Wildman–Crippen MR) is 67.0 cm³/mol. The van der Waals surface area contributed by atoms with Crippen LogP contribution in [0.25, 0.3) is 0 Å². The van der Waals surface area contributed by atoms with Gasteiger partial charge in [-0.25, -0.2) is 0 Å². The number of hydrogen-bond donors (Lipinski definition) is 1. The molecule has 0 rings (SSSR count). The van der Waals surface area contributed by atoms with Crippen LogP contribution in [0.1, 0.15) is 55.4 Å². The molecule has 0 fully saturated rings. The van der Waals surface area contributed by atoms with E-state index >= 15 is 0 Å². The monoisotopic (exact) mass is 216 g/mol. The zero-order valence-corrected chi connectivity index (χ0v) is 12.2. The molecular weight excluding hydrogens is 188 g/mol. The minimum absolute atomic E-state index is 0.0926. The van der Waals surface area contributed by atoms with Gasteiger partial charge in [0.25, 0.3) is 0 Å². The van der Waals surface area contributed by atoms with Gasteiger partial charge in [0, 0.05) is 0 Å². The molecule has 14 heavy (non-hydrogen) atoms. The molecule has 0 unspecified atom stereocenters. The lowest BCUT2D eigenvalue weighted by Crippen LogP contribution is -2.53. The third-order valence-electron chi connectivity index (χ3n) is 4.24. The van der Waals surface area contributed by atoms with Crippen LogP contribution < -0.4 is 0 Å². The molecular formula is C12H28OSi. The van der Waals surface area contributed by atoms with Gasteiger partial charge in [-0.05, 0) is 22.0 Å². The van der Waals surface area contributed by atoms with Crippen LogP contribution in [0.15, 0.2) is 0 Å². The highest BCUT2D eigenvalue weighted by molar-refractivity contribution is 6.78. The summed E-state index contributed by atoms with van der Waals surface area (Å²) in [4.78, 5) is 11.0. The van der Waals surface area contributed by atoms with E-state index < -0.39 is 8.32 Å². The molecule has 0 aliphatic rings. The van der Waals surface area contributed by atoms with Crippen LogP contribution in [0.4, 0.5) is 0 Å². The first-order valence-corrected chi connectivity index (χ1v) is 7.91. The van der Waals surface area contributed by atoms with E-state index in [9.17, 15) is 4.80 Å². The molecule has 0 aromatic carbocycles. The Morgan fingerprint density at radius 2 is 1.14 bits per heavy atom. The zero-order chi connectivity index (χ0) is 11.7. The molecule has 0 saturated heterocycles. The summed E-state index contributed by atoms with van der Waals surface area (Å²) in [6.07, 6.45) is 0. The second-order valence-electron chi connectivity index (χ2n) is 6.01. The topological polar surface area (TPSA) is 20.2 Å². The van der Waals surface area contributed by atoms with E-state index in [2.05, 4.69) is 55.4 Å². The Bertz CT molecular complexity index is 175. The van der Waals surface area contributed by atoms with Crippen molar-refractivity contribution >= 4 is 8.32 Å². The van der Waals surface area contributed by atoms with E-state index in [-0.39, 0.29) is 5.04 Å². The fraction of sp³-hybridized carbons (Fsp3) is 1.00. The lowest BCUT2D eigenvalue weighted by atomic mass is 9.99. The highest BCUT2D eigenvalue weighted by Gasteiger charge is 2.52. The van der Waals surface area contributed by atoms with Gasteiger partial charge in [0.1, 0.15) is 0 Å². The van der Waals surface area contributed by atoms with Gasteiger partial charge < -0.3 is 4.80 Å². The largest absolute Gasteiger partial charge is 0.431 e. The summed E-state index contributed by atoms with van der Waals surface area (Å²) >= 11 is 0. The molecule has 0 bridgehead atoms. The molecule has 0 saturated carbocycles. The van der Waals surface area contributed by atoms with E-state index in [4.69, 9.17) is 0 Å². The van der Waals surface area contributed by atoms with Gasteiger partial charge >= 0.3 is 0 Å². The summed E-state index contributed by atoms with van der Waals surface area (Å²) in [7, 11) is -2.19. The quantitative estimate of drug-likeness (QED) is 0.699. The zero-order valence-electron chi connectivity index (χ0n) is 11.2. The lowest BCUT2D eigenvalue weighted by Gasteiger charge is -2.48. The highest BCUT2D eigenvalue weighted by Crippen LogP contribution is 2.52. The van der Waals surface area contributed by atoms with E-state index in [0.29, 0.717) is 17.0 Å². The fourth-order valence-corrected chi connectivity index (χ4v) is 7.85. The van der Waals surface area contributed by atoms with Crippen molar-refractivity contribution in [2.24, 2.45) is 5.92 Å². The van der Waals surface area contributed by atoms with Gasteiger partial charge in [-0.2, -0.15) is 0 Å². The van der Waals surface area contributed by atoms with E-state index in [0.717, 1.165) is 0 Å². The summed E-state index contributed by atoms with van der Waals surface area (Å²) in [6.45, 7) is 17.6. The molecule has 1 N–H and O–H groups in total. The Kier molecular flexibility index (Phi) is 4.41. The van der Waals surface area contributed by atoms with Crippen molar-refractivity contribution in [1.82, 2.24) is 0 Å². The molecule has 0 radical (unpaired) electrons. The molecule has 0 heterocycles. The summed E-state index contributed by atoms with van der Waals surface area (Å²) in [5, 5.41) is 0.0926.